The molecule has 0 aromatic heterocycles. The summed E-state index contributed by atoms with van der Waals surface area (Å²) in [6.07, 6.45) is 11.8. The molecule has 2 saturated heterocycles. The van der Waals surface area contributed by atoms with Crippen molar-refractivity contribution < 1.29 is 19.4 Å². The minimum atomic E-state index is -0.451. The van der Waals surface area contributed by atoms with Gasteiger partial charge in [-0.05, 0) is 116 Å². The summed E-state index contributed by atoms with van der Waals surface area (Å²) >= 11 is 0. The van der Waals surface area contributed by atoms with E-state index >= 15 is 0 Å². The third-order valence-electron chi connectivity index (χ3n) is 11.8. The second-order valence-electron chi connectivity index (χ2n) is 15.5. The summed E-state index contributed by atoms with van der Waals surface area (Å²) in [5, 5.41) is 16.1. The molecule has 3 N–H and O–H groups in total. The molecular weight excluding hydrogens is 598 g/mol. The third kappa shape index (κ3) is 7.20. The van der Waals surface area contributed by atoms with Crippen molar-refractivity contribution in [1.29, 1.82) is 0 Å². The number of nitrogens with zero attached hydrogens (tertiary/aromatic N) is 1. The van der Waals surface area contributed by atoms with Crippen LogP contribution in [0, 0.1) is 17.8 Å². The van der Waals surface area contributed by atoms with Crippen LogP contribution in [-0.2, 0) is 22.6 Å². The second kappa shape index (κ2) is 13.9. The molecule has 6 fully saturated rings. The Morgan fingerprint density at radius 2 is 1.46 bits per heavy atom. The summed E-state index contributed by atoms with van der Waals surface area (Å²) in [5.74, 6) is 2.43. The Labute approximate surface area is 285 Å². The summed E-state index contributed by atoms with van der Waals surface area (Å²) in [5.41, 5.74) is 6.39. The van der Waals surface area contributed by atoms with Gasteiger partial charge in [0.15, 0.2) is 6.29 Å². The van der Waals surface area contributed by atoms with Crippen LogP contribution in [0.1, 0.15) is 98.9 Å². The van der Waals surface area contributed by atoms with Crippen molar-refractivity contribution in [2.24, 2.45) is 17.8 Å². The Morgan fingerprint density at radius 3 is 2.15 bits per heavy atom. The average Bonchev–Trinajstić information content (AvgIpc) is 3.10. The number of amides is 2. The fraction of sp³-hybridized carbons (Fsp3) is 0.537. The van der Waals surface area contributed by atoms with Crippen molar-refractivity contribution in [3.05, 3.63) is 95.1 Å². The van der Waals surface area contributed by atoms with Gasteiger partial charge in [-0.15, -0.1) is 0 Å². The number of carbonyl (C=O) groups excluding carboxylic acids is 1. The second-order valence-corrected chi connectivity index (χ2v) is 15.5. The molecule has 0 spiro atoms. The molecule has 48 heavy (non-hydrogen) atoms. The van der Waals surface area contributed by atoms with Gasteiger partial charge in [-0.1, -0.05) is 73.2 Å². The lowest BCUT2D eigenvalue weighted by Gasteiger charge is -2.56. The fourth-order valence-electron chi connectivity index (χ4n) is 9.89. The molecule has 7 nitrogen and oxygen atoms in total. The normalized spacial score (nSPS) is 31.4. The molecule has 2 heterocycles. The lowest BCUT2D eigenvalue weighted by atomic mass is 9.53. The van der Waals surface area contributed by atoms with Crippen molar-refractivity contribution >= 4 is 6.03 Å². The van der Waals surface area contributed by atoms with Crippen LogP contribution in [0.2, 0.25) is 0 Å². The molecule has 2 aliphatic heterocycles. The number of likely N-dealkylation sites (tertiary alicyclic amines) is 1. The first-order chi connectivity index (χ1) is 23.5. The highest BCUT2D eigenvalue weighted by Gasteiger charge is 2.51. The molecule has 4 saturated carbocycles. The maximum atomic E-state index is 13.1. The van der Waals surface area contributed by atoms with E-state index < -0.39 is 6.29 Å². The standard InChI is InChI=1S/C41H51N3O4/c45-27-28-7-9-34(10-8-28)38-21-37(26-44-15-2-1-3-16-44)47-39(48-38)35-13-11-33(12-14-35)36-6-4-5-29(20-36)25-42-40(46)43-41-22-30-17-31(23-41)19-32(18-30)24-41/h4-14,20,30-32,37-39,45H,1-3,15-19,21-27H2,(H2,42,43,46)/t30?,31?,32?,37-,38+,39+,41?/m0/s1. The first-order valence-corrected chi connectivity index (χ1v) is 18.5. The molecule has 0 radical (unpaired) electrons. The number of urea groups is 1. The number of aliphatic hydroxyl groups is 1. The van der Waals surface area contributed by atoms with E-state index in [1.165, 1.54) is 38.5 Å². The van der Waals surface area contributed by atoms with Gasteiger partial charge in [0.1, 0.15) is 0 Å². The molecule has 3 aromatic rings. The lowest BCUT2D eigenvalue weighted by molar-refractivity contribution is -0.253. The molecule has 3 aromatic carbocycles. The lowest BCUT2D eigenvalue weighted by Crippen LogP contribution is -2.61. The number of hydrogen-bond acceptors (Lipinski definition) is 5. The van der Waals surface area contributed by atoms with Gasteiger partial charge in [-0.3, -0.25) is 0 Å². The maximum absolute atomic E-state index is 13.1. The maximum Gasteiger partial charge on any atom is 0.315 e. The smallest absolute Gasteiger partial charge is 0.315 e. The molecule has 2 amide bonds. The third-order valence-corrected chi connectivity index (χ3v) is 11.8. The molecule has 6 aliphatic rings. The molecular formula is C41H51N3O4. The fourth-order valence-corrected chi connectivity index (χ4v) is 9.89. The molecule has 7 heteroatoms. The number of ether oxygens (including phenoxy) is 2. The molecule has 254 valence electrons. The van der Waals surface area contributed by atoms with Crippen LogP contribution in [0.25, 0.3) is 11.1 Å². The highest BCUT2D eigenvalue weighted by Crippen LogP contribution is 2.55. The van der Waals surface area contributed by atoms with Crippen molar-refractivity contribution in [2.75, 3.05) is 19.6 Å². The first kappa shape index (κ1) is 32.0. The summed E-state index contributed by atoms with van der Waals surface area (Å²) in [6.45, 7) is 3.74. The minimum absolute atomic E-state index is 0.0201. The van der Waals surface area contributed by atoms with Crippen LogP contribution in [0.4, 0.5) is 4.79 Å². The topological polar surface area (TPSA) is 83.1 Å². The van der Waals surface area contributed by atoms with Crippen molar-refractivity contribution in [2.45, 2.75) is 101 Å². The van der Waals surface area contributed by atoms with Crippen LogP contribution < -0.4 is 10.6 Å². The van der Waals surface area contributed by atoms with Gasteiger partial charge in [0.2, 0.25) is 0 Å². The number of carbonyl (C=O) groups is 1. The zero-order valence-electron chi connectivity index (χ0n) is 28.1. The van der Waals surface area contributed by atoms with E-state index in [1.54, 1.807) is 0 Å². The summed E-state index contributed by atoms with van der Waals surface area (Å²) in [7, 11) is 0. The van der Waals surface area contributed by atoms with E-state index in [1.807, 2.05) is 12.1 Å². The Morgan fingerprint density at radius 1 is 0.771 bits per heavy atom. The number of rotatable bonds is 9. The Kier molecular flexibility index (Phi) is 9.30. The molecule has 3 atom stereocenters. The Hall–Kier alpha value is -3.23. The van der Waals surface area contributed by atoms with Crippen molar-refractivity contribution in [1.82, 2.24) is 15.5 Å². The van der Waals surface area contributed by atoms with Gasteiger partial charge in [0.05, 0.1) is 18.8 Å². The minimum Gasteiger partial charge on any atom is -0.392 e. The molecule has 0 unspecified atom stereocenters. The predicted molar refractivity (Wildman–Crippen MR) is 187 cm³/mol. The average molecular weight is 650 g/mol. The summed E-state index contributed by atoms with van der Waals surface area (Å²) in [4.78, 5) is 15.6. The SMILES string of the molecule is O=C(NCc1cccc(-c2ccc([C@@H]3O[C@H](CN4CCCCC4)C[C@H](c4ccc(CO)cc4)O3)cc2)c1)NC12CC3CC(CC(C3)C1)C2. The summed E-state index contributed by atoms with van der Waals surface area (Å²) in [6, 6.07) is 25.1. The highest BCUT2D eigenvalue weighted by atomic mass is 16.7. The van der Waals surface area contributed by atoms with E-state index in [0.717, 1.165) is 96.5 Å². The predicted octanol–water partition coefficient (Wildman–Crippen LogP) is 7.65. The van der Waals surface area contributed by atoms with Gasteiger partial charge in [-0.2, -0.15) is 0 Å². The number of benzene rings is 3. The van der Waals surface area contributed by atoms with E-state index in [4.69, 9.17) is 9.47 Å². The quantitative estimate of drug-likeness (QED) is 0.222. The van der Waals surface area contributed by atoms with E-state index in [2.05, 4.69) is 76.2 Å². The van der Waals surface area contributed by atoms with Gasteiger partial charge in [-0.25, -0.2) is 4.79 Å². The number of nitrogens with one attached hydrogen (secondary N) is 2. The highest BCUT2D eigenvalue weighted by molar-refractivity contribution is 5.75. The number of hydrogen-bond donors (Lipinski definition) is 3. The van der Waals surface area contributed by atoms with Gasteiger partial charge in [0, 0.05) is 30.6 Å². The zero-order valence-corrected chi connectivity index (χ0v) is 28.1. The largest absolute Gasteiger partial charge is 0.392 e. The summed E-state index contributed by atoms with van der Waals surface area (Å²) < 4.78 is 13.2. The monoisotopic (exact) mass is 649 g/mol. The van der Waals surface area contributed by atoms with Crippen LogP contribution in [0.15, 0.2) is 72.8 Å². The van der Waals surface area contributed by atoms with Gasteiger partial charge >= 0.3 is 6.03 Å². The first-order valence-electron chi connectivity index (χ1n) is 18.5. The molecule has 4 aliphatic carbocycles. The molecule has 9 rings (SSSR count). The Balaban J connectivity index is 0.918. The van der Waals surface area contributed by atoms with Crippen LogP contribution in [0.5, 0.6) is 0 Å². The van der Waals surface area contributed by atoms with E-state index in [-0.39, 0.29) is 30.4 Å². The zero-order chi connectivity index (χ0) is 32.5. The Bertz CT molecular complexity index is 1520. The van der Waals surface area contributed by atoms with Crippen LogP contribution >= 0.6 is 0 Å². The number of piperidine rings is 1. The molecule has 4 bridgehead atoms. The number of aliphatic hydroxyl groups excluding tert-OH is 1. The van der Waals surface area contributed by atoms with E-state index in [9.17, 15) is 9.90 Å². The van der Waals surface area contributed by atoms with Crippen molar-refractivity contribution in [3.8, 4) is 11.1 Å². The van der Waals surface area contributed by atoms with Crippen molar-refractivity contribution in [3.63, 3.8) is 0 Å². The van der Waals surface area contributed by atoms with Crippen LogP contribution in [0.3, 0.4) is 0 Å². The van der Waals surface area contributed by atoms with E-state index in [0.29, 0.717) is 6.54 Å². The van der Waals surface area contributed by atoms with Crippen LogP contribution in [-0.4, -0.2) is 47.3 Å². The van der Waals surface area contributed by atoms with Gasteiger partial charge in [0.25, 0.3) is 0 Å². The van der Waals surface area contributed by atoms with Gasteiger partial charge < -0.3 is 30.1 Å².